The number of hydrogen-bond acceptors (Lipinski definition) is 1. The van der Waals surface area contributed by atoms with Crippen LogP contribution in [0.4, 0.5) is 0 Å². The smallest absolute Gasteiger partial charge is 0.115 e. The fourth-order valence-corrected chi connectivity index (χ4v) is 4.61. The van der Waals surface area contributed by atoms with Crippen LogP contribution in [0, 0.1) is 13.0 Å². The third kappa shape index (κ3) is 10.3. The Labute approximate surface area is 177 Å². The van der Waals surface area contributed by atoms with E-state index in [4.69, 9.17) is 0 Å². The van der Waals surface area contributed by atoms with Crippen molar-refractivity contribution in [3.8, 4) is 5.75 Å². The van der Waals surface area contributed by atoms with Gasteiger partial charge in [0.1, 0.15) is 5.75 Å². The van der Waals surface area contributed by atoms with Gasteiger partial charge in [-0.25, -0.2) is 11.3 Å². The largest absolute Gasteiger partial charge is 1.00 e. The minimum atomic E-state index is -1.26. The van der Waals surface area contributed by atoms with Crippen molar-refractivity contribution in [1.29, 1.82) is 0 Å². The van der Waals surface area contributed by atoms with Crippen molar-refractivity contribution < 1.29 is 51.6 Å². The third-order valence-electron chi connectivity index (χ3n) is 3.43. The molecule has 0 aliphatic heterocycles. The second-order valence-electron chi connectivity index (χ2n) is 7.75. The van der Waals surface area contributed by atoms with E-state index in [0.29, 0.717) is 5.75 Å². The molecule has 0 saturated carbocycles. The number of halogens is 2. The molecule has 136 valence electrons. The molecule has 0 heterocycles. The summed E-state index contributed by atoms with van der Waals surface area (Å²) in [6, 6.07) is 5.86. The molecule has 0 amide bonds. The fourth-order valence-electron chi connectivity index (χ4n) is 2.12. The number of phenols is 1. The first-order valence-corrected chi connectivity index (χ1v) is 14.6. The van der Waals surface area contributed by atoms with Gasteiger partial charge in [0.15, 0.2) is 0 Å². The summed E-state index contributed by atoms with van der Waals surface area (Å²) in [5.74, 6) is 0.396. The van der Waals surface area contributed by atoms with Gasteiger partial charge >= 0.3 is 0 Å². The number of hydrogen-bond donors (Lipinski definition) is 1. The zero-order valence-corrected chi connectivity index (χ0v) is 20.9. The molecule has 0 spiro atoms. The Morgan fingerprint density at radius 3 is 1.75 bits per heavy atom. The number of aryl methyl sites for hydroxylation is 1. The summed E-state index contributed by atoms with van der Waals surface area (Å²) in [7, 11) is -2.26. The van der Waals surface area contributed by atoms with Crippen molar-refractivity contribution in [1.82, 2.24) is 0 Å². The molecule has 0 bridgehead atoms. The fraction of sp³-hybridized carbons (Fsp3) is 0.444. The van der Waals surface area contributed by atoms with Gasteiger partial charge in [0.25, 0.3) is 0 Å². The van der Waals surface area contributed by atoms with Crippen molar-refractivity contribution in [3.05, 3.63) is 47.2 Å². The second-order valence-corrected chi connectivity index (χ2v) is 17.9. The maximum Gasteiger partial charge on any atom is 0.115 e. The van der Waals surface area contributed by atoms with E-state index in [0.717, 1.165) is 12.0 Å². The Balaban J connectivity index is -0.000000336. The van der Waals surface area contributed by atoms with Gasteiger partial charge < -0.3 is 29.9 Å². The summed E-state index contributed by atoms with van der Waals surface area (Å²) in [4.78, 5) is 0. The number of benzene rings is 1. The first-order valence-electron chi connectivity index (χ1n) is 7.59. The van der Waals surface area contributed by atoms with Gasteiger partial charge in [0.05, 0.1) is 8.07 Å². The molecule has 0 radical (unpaired) electrons. The first kappa shape index (κ1) is 29.0. The van der Waals surface area contributed by atoms with Crippen LogP contribution in [0.5, 0.6) is 5.75 Å². The van der Waals surface area contributed by atoms with Gasteiger partial charge in [-0.3, -0.25) is 6.08 Å². The predicted molar refractivity (Wildman–Crippen MR) is 99.7 cm³/mol. The summed E-state index contributed by atoms with van der Waals surface area (Å²) >= 11 is 0. The molecule has 6 heteroatoms. The molecule has 1 aromatic carbocycles. The van der Waals surface area contributed by atoms with Crippen molar-refractivity contribution >= 4 is 21.3 Å². The summed E-state index contributed by atoms with van der Waals surface area (Å²) in [5.41, 5.74) is 1.15. The number of allylic oxidation sites excluding steroid dienone is 4. The van der Waals surface area contributed by atoms with Crippen LogP contribution in [0.25, 0.3) is 0 Å². The van der Waals surface area contributed by atoms with E-state index >= 15 is 0 Å². The third-order valence-corrected chi connectivity index (χ3v) is 7.41. The molecule has 0 atom stereocenters. The van der Waals surface area contributed by atoms with Gasteiger partial charge in [-0.05, 0) is 24.6 Å². The van der Waals surface area contributed by atoms with E-state index in [1.807, 2.05) is 13.0 Å². The van der Waals surface area contributed by atoms with Crippen LogP contribution in [-0.4, -0.2) is 21.3 Å². The molecule has 2 rings (SSSR count). The van der Waals surface area contributed by atoms with Crippen LogP contribution in [0.2, 0.25) is 39.3 Å². The van der Waals surface area contributed by atoms with E-state index in [2.05, 4.69) is 63.6 Å². The van der Waals surface area contributed by atoms with E-state index in [1.54, 1.807) is 6.07 Å². The average molecular weight is 436 g/mol. The van der Waals surface area contributed by atoms with Crippen molar-refractivity contribution in [2.24, 2.45) is 0 Å². The minimum Gasteiger partial charge on any atom is -1.00 e. The Morgan fingerprint density at radius 2 is 1.46 bits per heavy atom. The Morgan fingerprint density at radius 1 is 0.917 bits per heavy atom. The zero-order chi connectivity index (χ0) is 16.3. The van der Waals surface area contributed by atoms with E-state index < -0.39 is 16.1 Å². The summed E-state index contributed by atoms with van der Waals surface area (Å²) in [6.07, 6.45) is 8.82. The maximum atomic E-state index is 9.38. The molecule has 0 unspecified atom stereocenters. The molecule has 0 aromatic heterocycles. The van der Waals surface area contributed by atoms with Crippen LogP contribution in [-0.2, 0) is 21.7 Å². The summed E-state index contributed by atoms with van der Waals surface area (Å²) in [6.45, 7) is 15.9. The average Bonchev–Trinajstić information content (AvgIpc) is 2.79. The monoisotopic (exact) mass is 435 g/mol. The predicted octanol–water partition coefficient (Wildman–Crippen LogP) is -1.20. The van der Waals surface area contributed by atoms with Crippen molar-refractivity contribution in [2.45, 2.75) is 52.6 Å². The van der Waals surface area contributed by atoms with E-state index in [1.165, 1.54) is 10.4 Å². The molecule has 24 heavy (non-hydrogen) atoms. The van der Waals surface area contributed by atoms with Gasteiger partial charge in [-0.1, -0.05) is 50.5 Å². The Hall–Kier alpha value is 0.228. The molecule has 1 aliphatic rings. The zero-order valence-electron chi connectivity index (χ0n) is 15.8. The maximum absolute atomic E-state index is 9.38. The van der Waals surface area contributed by atoms with Crippen LogP contribution >= 0.6 is 0 Å². The molecule has 1 nitrogen and oxygen atoms in total. The molecule has 1 aliphatic carbocycles. The normalized spacial score (nSPS) is 12.7. The Kier molecular flexibility index (Phi) is 14.2. The van der Waals surface area contributed by atoms with Crippen molar-refractivity contribution in [3.63, 3.8) is 0 Å². The van der Waals surface area contributed by atoms with Crippen molar-refractivity contribution in [2.75, 3.05) is 0 Å². The van der Waals surface area contributed by atoms with Gasteiger partial charge in [-0.15, -0.1) is 6.42 Å². The topological polar surface area (TPSA) is 20.2 Å². The number of aromatic hydroxyl groups is 1. The minimum absolute atomic E-state index is 0. The van der Waals surface area contributed by atoms with E-state index in [-0.39, 0.29) is 46.5 Å². The SMILES string of the molecule is C[Si](C)(C)C1=[C-]CC=C1.Cc1cc(O)cc([Si](C)(C)C)c1.[Cl-].[Cl-].[Ti]. The Bertz CT molecular complexity index is 539. The number of phenolic OH excluding ortho intramolecular Hbond substituents is 1. The molecule has 0 saturated heterocycles. The van der Waals surface area contributed by atoms with Crippen LogP contribution < -0.4 is 30.0 Å². The molecule has 1 N–H and O–H groups in total. The van der Waals surface area contributed by atoms with Crippen LogP contribution in [0.15, 0.2) is 35.5 Å². The summed E-state index contributed by atoms with van der Waals surface area (Å²) < 4.78 is 0. The second kappa shape index (κ2) is 11.8. The van der Waals surface area contributed by atoms with Crippen LogP contribution in [0.1, 0.15) is 12.0 Å². The first-order chi connectivity index (χ1) is 9.50. The van der Waals surface area contributed by atoms with Crippen LogP contribution in [0.3, 0.4) is 0 Å². The quantitative estimate of drug-likeness (QED) is 0.457. The van der Waals surface area contributed by atoms with E-state index in [9.17, 15) is 5.11 Å². The van der Waals surface area contributed by atoms with Gasteiger partial charge in [0, 0.05) is 29.8 Å². The molecule has 1 aromatic rings. The molecular formula is C18H29Cl2OSi2Ti-3. The standard InChI is InChI=1S/C10H16OSi.C8H13Si.2ClH.Ti/c1-8-5-9(11)7-10(6-8)12(2,3)4;1-9(2,3)8-6-4-5-7-8;;;/h5-7,11H,1-4H3;4,6H,5H2,1-3H3;2*1H;/q;-1;;;/p-2. The van der Waals surface area contributed by atoms with Gasteiger partial charge in [-0.2, -0.15) is 6.08 Å². The van der Waals surface area contributed by atoms with Gasteiger partial charge in [0.2, 0.25) is 0 Å². The molecular weight excluding hydrogens is 407 g/mol. The molecule has 0 fully saturated rings. The summed E-state index contributed by atoms with van der Waals surface area (Å²) in [5, 5.41) is 12.2. The number of rotatable bonds is 2.